The van der Waals surface area contributed by atoms with E-state index in [1.807, 2.05) is 36.0 Å². The van der Waals surface area contributed by atoms with Crippen molar-refractivity contribution in [2.24, 2.45) is 0 Å². The molecule has 114 valence electrons. The topological polar surface area (TPSA) is 67.2 Å². The van der Waals surface area contributed by atoms with Crippen molar-refractivity contribution in [1.82, 2.24) is 15.1 Å². The number of hydrogen-bond donors (Lipinski definition) is 2. The molecule has 2 rings (SSSR count). The van der Waals surface area contributed by atoms with Gasteiger partial charge in [0.1, 0.15) is 5.54 Å². The molecule has 0 aliphatic heterocycles. The maximum absolute atomic E-state index is 11.3. The Hall–Kier alpha value is -1.88. The molecule has 0 fully saturated rings. The van der Waals surface area contributed by atoms with Crippen LogP contribution in [0.2, 0.25) is 0 Å². The number of aromatic nitrogens is 2. The molecule has 2 aromatic rings. The van der Waals surface area contributed by atoms with Gasteiger partial charge in [0.25, 0.3) is 0 Å². The van der Waals surface area contributed by atoms with Gasteiger partial charge in [-0.15, -0.1) is 0 Å². The first-order valence-electron chi connectivity index (χ1n) is 7.46. The Morgan fingerprint density at radius 3 is 2.86 bits per heavy atom. The zero-order valence-electron chi connectivity index (χ0n) is 12.7. The molecule has 0 aliphatic carbocycles. The Morgan fingerprint density at radius 2 is 2.14 bits per heavy atom. The molecular formula is C16H23N3O2. The number of para-hydroxylation sites is 1. The second-order valence-corrected chi connectivity index (χ2v) is 5.55. The standard InChI is InChI=1S/C16H23N3O2/c1-3-17-16(2,15(20)21)10-6-7-11-19-14-9-5-4-8-13(14)12-18-19/h4-5,8-9,12,17H,3,6-7,10-11H2,1-2H3,(H,20,21). The summed E-state index contributed by atoms with van der Waals surface area (Å²) >= 11 is 0. The van der Waals surface area contributed by atoms with E-state index in [-0.39, 0.29) is 0 Å². The normalized spacial score (nSPS) is 14.2. The molecule has 0 amide bonds. The van der Waals surface area contributed by atoms with Gasteiger partial charge in [-0.1, -0.05) is 25.1 Å². The van der Waals surface area contributed by atoms with E-state index in [4.69, 9.17) is 0 Å². The van der Waals surface area contributed by atoms with Crippen molar-refractivity contribution in [3.05, 3.63) is 30.5 Å². The molecular weight excluding hydrogens is 266 g/mol. The third-order valence-corrected chi connectivity index (χ3v) is 3.89. The van der Waals surface area contributed by atoms with Crippen molar-refractivity contribution in [3.8, 4) is 0 Å². The van der Waals surface area contributed by atoms with Gasteiger partial charge in [-0.05, 0) is 38.8 Å². The first-order valence-corrected chi connectivity index (χ1v) is 7.46. The number of benzene rings is 1. The van der Waals surface area contributed by atoms with Crippen molar-refractivity contribution >= 4 is 16.9 Å². The van der Waals surface area contributed by atoms with Crippen molar-refractivity contribution < 1.29 is 9.90 Å². The molecule has 1 aromatic heterocycles. The Labute approximate surface area is 125 Å². The molecule has 1 unspecified atom stereocenters. The molecule has 0 bridgehead atoms. The number of carboxylic acids is 1. The van der Waals surface area contributed by atoms with Crippen molar-refractivity contribution in [3.63, 3.8) is 0 Å². The molecule has 0 saturated heterocycles. The van der Waals surface area contributed by atoms with Gasteiger partial charge in [-0.2, -0.15) is 5.10 Å². The van der Waals surface area contributed by atoms with E-state index < -0.39 is 11.5 Å². The van der Waals surface area contributed by atoms with Crippen LogP contribution in [-0.2, 0) is 11.3 Å². The monoisotopic (exact) mass is 289 g/mol. The van der Waals surface area contributed by atoms with Gasteiger partial charge >= 0.3 is 5.97 Å². The number of carbonyl (C=O) groups is 1. The maximum Gasteiger partial charge on any atom is 0.323 e. The average Bonchev–Trinajstić information content (AvgIpc) is 2.87. The highest BCUT2D eigenvalue weighted by atomic mass is 16.4. The molecule has 21 heavy (non-hydrogen) atoms. The van der Waals surface area contributed by atoms with Crippen LogP contribution in [0.25, 0.3) is 10.9 Å². The summed E-state index contributed by atoms with van der Waals surface area (Å²) in [5.41, 5.74) is 0.297. The minimum Gasteiger partial charge on any atom is -0.480 e. The summed E-state index contributed by atoms with van der Waals surface area (Å²) in [6, 6.07) is 8.12. The lowest BCUT2D eigenvalue weighted by atomic mass is 9.95. The Morgan fingerprint density at radius 1 is 1.38 bits per heavy atom. The SMILES string of the molecule is CCNC(C)(CCCCn1ncc2ccccc21)C(=O)O. The molecule has 5 nitrogen and oxygen atoms in total. The predicted octanol–water partition coefficient (Wildman–Crippen LogP) is 2.66. The zero-order chi connectivity index (χ0) is 15.3. The number of nitrogens with one attached hydrogen (secondary N) is 1. The lowest BCUT2D eigenvalue weighted by Gasteiger charge is -2.25. The molecule has 2 N–H and O–H groups in total. The Bertz CT molecular complexity index is 608. The highest BCUT2D eigenvalue weighted by molar-refractivity contribution is 5.78. The molecule has 0 radical (unpaired) electrons. The Balaban J connectivity index is 1.88. The number of aliphatic carboxylic acids is 1. The molecule has 0 aliphatic rings. The maximum atomic E-state index is 11.3. The smallest absolute Gasteiger partial charge is 0.323 e. The summed E-state index contributed by atoms with van der Waals surface area (Å²) in [6.07, 6.45) is 4.26. The van der Waals surface area contributed by atoms with E-state index in [2.05, 4.69) is 16.5 Å². The van der Waals surface area contributed by atoms with Crippen LogP contribution in [0.3, 0.4) is 0 Å². The van der Waals surface area contributed by atoms with Gasteiger partial charge in [0, 0.05) is 11.9 Å². The predicted molar refractivity (Wildman–Crippen MR) is 83.3 cm³/mol. The highest BCUT2D eigenvalue weighted by Gasteiger charge is 2.30. The molecule has 5 heteroatoms. The van der Waals surface area contributed by atoms with Gasteiger partial charge in [-0.3, -0.25) is 9.48 Å². The minimum atomic E-state index is -0.832. The first kappa shape index (κ1) is 15.5. The minimum absolute atomic E-state index is 0.620. The van der Waals surface area contributed by atoms with Gasteiger partial charge in [0.15, 0.2) is 0 Å². The zero-order valence-corrected chi connectivity index (χ0v) is 12.7. The van der Waals surface area contributed by atoms with E-state index in [0.29, 0.717) is 13.0 Å². The summed E-state index contributed by atoms with van der Waals surface area (Å²) in [5, 5.41) is 17.9. The molecule has 1 heterocycles. The van der Waals surface area contributed by atoms with E-state index in [9.17, 15) is 9.90 Å². The quantitative estimate of drug-likeness (QED) is 0.733. The number of fused-ring (bicyclic) bond motifs is 1. The number of nitrogens with zero attached hydrogens (tertiary/aromatic N) is 2. The van der Waals surface area contributed by atoms with E-state index in [1.54, 1.807) is 6.92 Å². The summed E-state index contributed by atoms with van der Waals surface area (Å²) in [6.45, 7) is 5.15. The van der Waals surface area contributed by atoms with Crippen molar-refractivity contribution in [2.75, 3.05) is 6.54 Å². The lowest BCUT2D eigenvalue weighted by molar-refractivity contribution is -0.144. The summed E-state index contributed by atoms with van der Waals surface area (Å²) in [5.74, 6) is -0.783. The second kappa shape index (κ2) is 6.72. The van der Waals surface area contributed by atoms with E-state index in [1.165, 1.54) is 0 Å². The summed E-state index contributed by atoms with van der Waals surface area (Å²) in [7, 11) is 0. The third kappa shape index (κ3) is 3.61. The fraction of sp³-hybridized carbons (Fsp3) is 0.500. The number of carboxylic acid groups (broad SMARTS) is 1. The van der Waals surface area contributed by atoms with Crippen LogP contribution in [0.15, 0.2) is 30.5 Å². The van der Waals surface area contributed by atoms with Crippen molar-refractivity contribution in [2.45, 2.75) is 45.2 Å². The van der Waals surface area contributed by atoms with Gasteiger partial charge in [-0.25, -0.2) is 0 Å². The lowest BCUT2D eigenvalue weighted by Crippen LogP contribution is -2.49. The molecule has 1 aromatic carbocycles. The number of hydrogen-bond acceptors (Lipinski definition) is 3. The van der Waals surface area contributed by atoms with Crippen molar-refractivity contribution in [1.29, 1.82) is 0 Å². The Kier molecular flexibility index (Phi) is 4.96. The number of rotatable bonds is 8. The van der Waals surface area contributed by atoms with Crippen LogP contribution in [-0.4, -0.2) is 32.9 Å². The summed E-state index contributed by atoms with van der Waals surface area (Å²) in [4.78, 5) is 11.3. The molecule has 0 spiro atoms. The van der Waals surface area contributed by atoms with Crippen LogP contribution in [0.4, 0.5) is 0 Å². The largest absolute Gasteiger partial charge is 0.480 e. The van der Waals surface area contributed by atoms with Gasteiger partial charge in [0.2, 0.25) is 0 Å². The number of aryl methyl sites for hydroxylation is 1. The molecule has 1 atom stereocenters. The average molecular weight is 289 g/mol. The molecule has 0 saturated carbocycles. The summed E-state index contributed by atoms with van der Waals surface area (Å²) < 4.78 is 1.99. The fourth-order valence-corrected chi connectivity index (χ4v) is 2.61. The van der Waals surface area contributed by atoms with Crippen LogP contribution < -0.4 is 5.32 Å². The number of likely N-dealkylation sites (N-methyl/N-ethyl adjacent to an activating group) is 1. The van der Waals surface area contributed by atoms with Crippen LogP contribution in [0.5, 0.6) is 0 Å². The second-order valence-electron chi connectivity index (χ2n) is 5.55. The highest BCUT2D eigenvalue weighted by Crippen LogP contribution is 2.17. The van der Waals surface area contributed by atoms with Crippen LogP contribution in [0.1, 0.15) is 33.1 Å². The van der Waals surface area contributed by atoms with Gasteiger partial charge < -0.3 is 10.4 Å². The van der Waals surface area contributed by atoms with E-state index >= 15 is 0 Å². The third-order valence-electron chi connectivity index (χ3n) is 3.89. The first-order chi connectivity index (χ1) is 10.1. The van der Waals surface area contributed by atoms with Crippen LogP contribution >= 0.6 is 0 Å². The fourth-order valence-electron chi connectivity index (χ4n) is 2.61. The van der Waals surface area contributed by atoms with E-state index in [0.717, 1.165) is 30.3 Å². The van der Waals surface area contributed by atoms with Gasteiger partial charge in [0.05, 0.1) is 11.7 Å². The number of unbranched alkanes of at least 4 members (excludes halogenated alkanes) is 1. The van der Waals surface area contributed by atoms with Crippen LogP contribution in [0, 0.1) is 0 Å².